The molecule has 0 spiro atoms. The first kappa shape index (κ1) is 16.5. The summed E-state index contributed by atoms with van der Waals surface area (Å²) < 4.78 is 0. The highest BCUT2D eigenvalue weighted by molar-refractivity contribution is 5.85. The van der Waals surface area contributed by atoms with E-state index in [1.54, 1.807) is 0 Å². The molecule has 1 aliphatic carbocycles. The molecule has 1 aliphatic rings. The Hall–Kier alpha value is -0.540. The number of amides is 1. The van der Waals surface area contributed by atoms with E-state index in [1.807, 2.05) is 18.0 Å². The van der Waals surface area contributed by atoms with Gasteiger partial charge in [-0.25, -0.2) is 0 Å². The number of carbonyl (C=O) groups is 1. The first-order chi connectivity index (χ1) is 7.77. The highest BCUT2D eigenvalue weighted by atomic mass is 35.5. The topological polar surface area (TPSA) is 32.3 Å². The summed E-state index contributed by atoms with van der Waals surface area (Å²) in [6.07, 6.45) is 8.39. The van der Waals surface area contributed by atoms with Gasteiger partial charge in [-0.1, -0.05) is 25.3 Å². The fourth-order valence-electron chi connectivity index (χ4n) is 2.38. The number of nitrogens with one attached hydrogen (secondary N) is 1. The summed E-state index contributed by atoms with van der Waals surface area (Å²) in [5.41, 5.74) is 0. The standard InChI is InChI=1S/C13H24N2O.ClH/c1-3-9-15(13(16)10-14-2)11-12-7-5-4-6-8-12;/h3,12,14H,1,4-11H2,2H3;1H. The maximum Gasteiger partial charge on any atom is 0.236 e. The van der Waals surface area contributed by atoms with Crippen molar-refractivity contribution in [1.82, 2.24) is 10.2 Å². The molecule has 1 N–H and O–H groups in total. The Bertz CT molecular complexity index is 227. The highest BCUT2D eigenvalue weighted by Crippen LogP contribution is 2.24. The van der Waals surface area contributed by atoms with Gasteiger partial charge in [-0.05, 0) is 25.8 Å². The third-order valence-electron chi connectivity index (χ3n) is 3.23. The zero-order chi connectivity index (χ0) is 11.8. The first-order valence-electron chi connectivity index (χ1n) is 6.31. The van der Waals surface area contributed by atoms with Gasteiger partial charge in [-0.2, -0.15) is 0 Å². The fourth-order valence-corrected chi connectivity index (χ4v) is 2.38. The number of nitrogens with zero attached hydrogens (tertiary/aromatic N) is 1. The molecule has 1 rings (SSSR count). The molecular weight excluding hydrogens is 236 g/mol. The summed E-state index contributed by atoms with van der Waals surface area (Å²) in [7, 11) is 1.81. The minimum atomic E-state index is 0. The van der Waals surface area contributed by atoms with Gasteiger partial charge in [-0.15, -0.1) is 19.0 Å². The van der Waals surface area contributed by atoms with Gasteiger partial charge in [-0.3, -0.25) is 4.79 Å². The maximum atomic E-state index is 11.8. The largest absolute Gasteiger partial charge is 0.338 e. The third-order valence-corrected chi connectivity index (χ3v) is 3.23. The molecular formula is C13H25ClN2O. The van der Waals surface area contributed by atoms with E-state index in [0.717, 1.165) is 6.54 Å². The minimum absolute atomic E-state index is 0. The van der Waals surface area contributed by atoms with E-state index >= 15 is 0 Å². The predicted octanol–water partition coefficient (Wildman–Crippen LogP) is 2.22. The van der Waals surface area contributed by atoms with Crippen LogP contribution >= 0.6 is 12.4 Å². The molecule has 0 aromatic rings. The number of likely N-dealkylation sites (N-methyl/N-ethyl adjacent to an activating group) is 1. The summed E-state index contributed by atoms with van der Waals surface area (Å²) in [5, 5.41) is 2.92. The molecule has 0 unspecified atom stereocenters. The number of halogens is 1. The molecule has 17 heavy (non-hydrogen) atoms. The van der Waals surface area contributed by atoms with Gasteiger partial charge < -0.3 is 10.2 Å². The van der Waals surface area contributed by atoms with Crippen LogP contribution in [0.25, 0.3) is 0 Å². The van der Waals surface area contributed by atoms with Crippen LogP contribution in [0, 0.1) is 5.92 Å². The maximum absolute atomic E-state index is 11.8. The number of hydrogen-bond acceptors (Lipinski definition) is 2. The van der Waals surface area contributed by atoms with Gasteiger partial charge in [0.25, 0.3) is 0 Å². The molecule has 4 heteroatoms. The molecule has 0 aromatic heterocycles. The zero-order valence-corrected chi connectivity index (χ0v) is 11.6. The van der Waals surface area contributed by atoms with Crippen molar-refractivity contribution in [2.75, 3.05) is 26.7 Å². The lowest BCUT2D eigenvalue weighted by molar-refractivity contribution is -0.130. The summed E-state index contributed by atoms with van der Waals surface area (Å²) in [6, 6.07) is 0. The molecule has 3 nitrogen and oxygen atoms in total. The van der Waals surface area contributed by atoms with Crippen LogP contribution in [-0.4, -0.2) is 37.5 Å². The average Bonchev–Trinajstić information content (AvgIpc) is 2.30. The molecule has 0 aromatic carbocycles. The van der Waals surface area contributed by atoms with Crippen molar-refractivity contribution in [3.8, 4) is 0 Å². The normalized spacial score (nSPS) is 16.1. The van der Waals surface area contributed by atoms with Gasteiger partial charge in [0.2, 0.25) is 5.91 Å². The summed E-state index contributed by atoms with van der Waals surface area (Å²) in [6.45, 7) is 5.74. The van der Waals surface area contributed by atoms with Gasteiger partial charge in [0.15, 0.2) is 0 Å². The van der Waals surface area contributed by atoms with Crippen molar-refractivity contribution >= 4 is 18.3 Å². The predicted molar refractivity (Wildman–Crippen MR) is 74.5 cm³/mol. The van der Waals surface area contributed by atoms with Crippen molar-refractivity contribution in [3.05, 3.63) is 12.7 Å². The van der Waals surface area contributed by atoms with Crippen LogP contribution in [0.1, 0.15) is 32.1 Å². The Morgan fingerprint density at radius 2 is 2.06 bits per heavy atom. The van der Waals surface area contributed by atoms with E-state index in [-0.39, 0.29) is 18.3 Å². The molecule has 0 radical (unpaired) electrons. The van der Waals surface area contributed by atoms with Crippen LogP contribution < -0.4 is 5.32 Å². The number of carbonyl (C=O) groups excluding carboxylic acids is 1. The second kappa shape index (κ2) is 9.49. The molecule has 1 amide bonds. The van der Waals surface area contributed by atoms with E-state index in [1.165, 1.54) is 32.1 Å². The van der Waals surface area contributed by atoms with Crippen molar-refractivity contribution < 1.29 is 4.79 Å². The Morgan fingerprint density at radius 1 is 1.41 bits per heavy atom. The molecule has 0 bridgehead atoms. The monoisotopic (exact) mass is 260 g/mol. The zero-order valence-electron chi connectivity index (χ0n) is 10.8. The van der Waals surface area contributed by atoms with E-state index in [0.29, 0.717) is 19.0 Å². The molecule has 1 fully saturated rings. The van der Waals surface area contributed by atoms with Crippen LogP contribution in [0.5, 0.6) is 0 Å². The quantitative estimate of drug-likeness (QED) is 0.743. The van der Waals surface area contributed by atoms with Gasteiger partial charge in [0, 0.05) is 13.1 Å². The van der Waals surface area contributed by atoms with E-state index in [4.69, 9.17) is 0 Å². The minimum Gasteiger partial charge on any atom is -0.338 e. The second-order valence-electron chi connectivity index (χ2n) is 4.62. The lowest BCUT2D eigenvalue weighted by atomic mass is 9.89. The van der Waals surface area contributed by atoms with Crippen molar-refractivity contribution in [2.24, 2.45) is 5.92 Å². The Kier molecular flexibility index (Phi) is 9.18. The molecule has 1 saturated carbocycles. The summed E-state index contributed by atoms with van der Waals surface area (Å²) >= 11 is 0. The molecule has 100 valence electrons. The van der Waals surface area contributed by atoms with Gasteiger partial charge >= 0.3 is 0 Å². The SMILES string of the molecule is C=CCN(CC1CCCCC1)C(=O)CNC.Cl. The van der Waals surface area contributed by atoms with E-state index in [2.05, 4.69) is 11.9 Å². The van der Waals surface area contributed by atoms with Crippen molar-refractivity contribution in [1.29, 1.82) is 0 Å². The van der Waals surface area contributed by atoms with Crippen LogP contribution in [0.3, 0.4) is 0 Å². The van der Waals surface area contributed by atoms with Crippen LogP contribution in [0.2, 0.25) is 0 Å². The van der Waals surface area contributed by atoms with Gasteiger partial charge in [0.1, 0.15) is 0 Å². The third kappa shape index (κ3) is 6.08. The number of rotatable bonds is 6. The molecule has 0 saturated heterocycles. The smallest absolute Gasteiger partial charge is 0.236 e. The molecule has 0 atom stereocenters. The summed E-state index contributed by atoms with van der Waals surface area (Å²) in [5.74, 6) is 0.891. The molecule has 0 heterocycles. The average molecular weight is 261 g/mol. The van der Waals surface area contributed by atoms with Crippen LogP contribution in [-0.2, 0) is 4.79 Å². The fraction of sp³-hybridized carbons (Fsp3) is 0.769. The van der Waals surface area contributed by atoms with Crippen LogP contribution in [0.15, 0.2) is 12.7 Å². The molecule has 0 aliphatic heterocycles. The Balaban J connectivity index is 0.00000256. The Morgan fingerprint density at radius 3 is 2.59 bits per heavy atom. The lowest BCUT2D eigenvalue weighted by Gasteiger charge is -2.29. The second-order valence-corrected chi connectivity index (χ2v) is 4.62. The lowest BCUT2D eigenvalue weighted by Crippen LogP contribution is -2.40. The number of hydrogen-bond donors (Lipinski definition) is 1. The van der Waals surface area contributed by atoms with E-state index < -0.39 is 0 Å². The van der Waals surface area contributed by atoms with Crippen LogP contribution in [0.4, 0.5) is 0 Å². The van der Waals surface area contributed by atoms with Gasteiger partial charge in [0.05, 0.1) is 6.54 Å². The summed E-state index contributed by atoms with van der Waals surface area (Å²) in [4.78, 5) is 13.8. The van der Waals surface area contributed by atoms with Crippen molar-refractivity contribution in [2.45, 2.75) is 32.1 Å². The highest BCUT2D eigenvalue weighted by Gasteiger charge is 2.19. The van der Waals surface area contributed by atoms with E-state index in [9.17, 15) is 4.79 Å². The first-order valence-corrected chi connectivity index (χ1v) is 6.31. The van der Waals surface area contributed by atoms with Crippen molar-refractivity contribution in [3.63, 3.8) is 0 Å². The Labute approximate surface area is 111 Å².